The van der Waals surface area contributed by atoms with Crippen molar-refractivity contribution in [3.63, 3.8) is 0 Å². The zero-order valence-corrected chi connectivity index (χ0v) is 13.2. The van der Waals surface area contributed by atoms with Gasteiger partial charge in [-0.05, 0) is 12.5 Å². The maximum absolute atomic E-state index is 12.1. The molecule has 0 saturated carbocycles. The Bertz CT molecular complexity index is 726. The minimum Gasteiger partial charge on any atom is -0.469 e. The van der Waals surface area contributed by atoms with Gasteiger partial charge in [-0.15, -0.1) is 11.3 Å². The SMILES string of the molecule is COC(=O)C1CC(=O)N(c2nc(-c3ccccc3C)cs2)C1. The molecule has 1 unspecified atom stereocenters. The Morgan fingerprint density at radius 1 is 1.41 bits per heavy atom. The number of carbonyl (C=O) groups excluding carboxylic acids is 2. The van der Waals surface area contributed by atoms with E-state index in [1.54, 1.807) is 4.90 Å². The van der Waals surface area contributed by atoms with Crippen LogP contribution in [0, 0.1) is 12.8 Å². The number of methoxy groups -OCH3 is 1. The lowest BCUT2D eigenvalue weighted by Gasteiger charge is -2.12. The van der Waals surface area contributed by atoms with Crippen molar-refractivity contribution in [3.05, 3.63) is 35.2 Å². The third kappa shape index (κ3) is 2.62. The van der Waals surface area contributed by atoms with Crippen molar-refractivity contribution in [2.45, 2.75) is 13.3 Å². The minimum atomic E-state index is -0.400. The predicted molar refractivity (Wildman–Crippen MR) is 84.8 cm³/mol. The molecule has 1 aromatic carbocycles. The number of anilines is 1. The number of nitrogens with zero attached hydrogens (tertiary/aromatic N) is 2. The number of thiazole rings is 1. The summed E-state index contributed by atoms with van der Waals surface area (Å²) in [4.78, 5) is 29.8. The molecule has 6 heteroatoms. The number of benzene rings is 1. The van der Waals surface area contributed by atoms with Gasteiger partial charge in [0.05, 0.1) is 18.7 Å². The Kier molecular flexibility index (Phi) is 3.94. The van der Waals surface area contributed by atoms with Crippen LogP contribution in [0.25, 0.3) is 11.3 Å². The molecule has 3 rings (SSSR count). The molecule has 0 N–H and O–H groups in total. The van der Waals surface area contributed by atoms with E-state index in [0.717, 1.165) is 16.8 Å². The summed E-state index contributed by atoms with van der Waals surface area (Å²) in [5, 5.41) is 2.57. The molecular weight excluding hydrogens is 300 g/mol. The molecule has 1 amide bonds. The molecule has 2 heterocycles. The smallest absolute Gasteiger partial charge is 0.311 e. The first-order chi connectivity index (χ1) is 10.6. The summed E-state index contributed by atoms with van der Waals surface area (Å²) in [6, 6.07) is 7.99. The standard InChI is InChI=1S/C16H16N2O3S/c1-10-5-3-4-6-12(10)13-9-22-16(17-13)18-8-11(7-14(18)19)15(20)21-2/h3-6,9,11H,7-8H2,1-2H3. The van der Waals surface area contributed by atoms with Crippen LogP contribution < -0.4 is 4.90 Å². The van der Waals surface area contributed by atoms with Crippen molar-refractivity contribution >= 4 is 28.3 Å². The first-order valence-corrected chi connectivity index (χ1v) is 7.88. The maximum Gasteiger partial charge on any atom is 0.311 e. The van der Waals surface area contributed by atoms with E-state index < -0.39 is 5.92 Å². The van der Waals surface area contributed by atoms with Crippen molar-refractivity contribution in [2.24, 2.45) is 5.92 Å². The zero-order valence-electron chi connectivity index (χ0n) is 12.4. The molecule has 1 saturated heterocycles. The van der Waals surface area contributed by atoms with Gasteiger partial charge in [0, 0.05) is 23.9 Å². The van der Waals surface area contributed by atoms with Gasteiger partial charge >= 0.3 is 5.97 Å². The summed E-state index contributed by atoms with van der Waals surface area (Å²) in [5.41, 5.74) is 3.05. The summed E-state index contributed by atoms with van der Waals surface area (Å²) in [7, 11) is 1.34. The average molecular weight is 316 g/mol. The van der Waals surface area contributed by atoms with Gasteiger partial charge in [-0.2, -0.15) is 0 Å². The summed E-state index contributed by atoms with van der Waals surface area (Å²) in [6.45, 7) is 2.37. The van der Waals surface area contributed by atoms with E-state index in [0.29, 0.717) is 11.7 Å². The van der Waals surface area contributed by atoms with Gasteiger partial charge in [0.1, 0.15) is 0 Å². The lowest BCUT2D eigenvalue weighted by atomic mass is 10.1. The van der Waals surface area contributed by atoms with E-state index in [1.807, 2.05) is 36.6 Å². The Hall–Kier alpha value is -2.21. The van der Waals surface area contributed by atoms with E-state index in [9.17, 15) is 9.59 Å². The third-order valence-electron chi connectivity index (χ3n) is 3.80. The van der Waals surface area contributed by atoms with Crippen LogP contribution in [0.1, 0.15) is 12.0 Å². The summed E-state index contributed by atoms with van der Waals surface area (Å²) in [5.74, 6) is -0.823. The van der Waals surface area contributed by atoms with E-state index in [1.165, 1.54) is 18.4 Å². The Morgan fingerprint density at radius 2 is 2.18 bits per heavy atom. The van der Waals surface area contributed by atoms with Crippen LogP contribution in [-0.2, 0) is 14.3 Å². The van der Waals surface area contributed by atoms with Crippen molar-refractivity contribution in [1.82, 2.24) is 4.98 Å². The largest absolute Gasteiger partial charge is 0.469 e. The van der Waals surface area contributed by atoms with E-state index in [-0.39, 0.29) is 18.3 Å². The molecule has 1 fully saturated rings. The molecule has 0 spiro atoms. The molecular formula is C16H16N2O3S. The van der Waals surface area contributed by atoms with Crippen LogP contribution in [0.15, 0.2) is 29.6 Å². The highest BCUT2D eigenvalue weighted by atomic mass is 32.1. The van der Waals surface area contributed by atoms with Crippen LogP contribution in [-0.4, -0.2) is 30.5 Å². The lowest BCUT2D eigenvalue weighted by Crippen LogP contribution is -2.26. The fourth-order valence-electron chi connectivity index (χ4n) is 2.59. The number of aromatic nitrogens is 1. The number of ether oxygens (including phenoxy) is 1. The molecule has 22 heavy (non-hydrogen) atoms. The van der Waals surface area contributed by atoms with Crippen molar-refractivity contribution in [1.29, 1.82) is 0 Å². The van der Waals surface area contributed by atoms with Crippen molar-refractivity contribution < 1.29 is 14.3 Å². The number of aryl methyl sites for hydroxylation is 1. The number of hydrogen-bond donors (Lipinski definition) is 0. The highest BCUT2D eigenvalue weighted by Crippen LogP contribution is 2.32. The van der Waals surface area contributed by atoms with E-state index in [2.05, 4.69) is 4.98 Å². The average Bonchev–Trinajstić information content (AvgIpc) is 3.13. The molecule has 1 aliphatic heterocycles. The van der Waals surface area contributed by atoms with Gasteiger partial charge < -0.3 is 4.74 Å². The van der Waals surface area contributed by atoms with Crippen LogP contribution in [0.2, 0.25) is 0 Å². The van der Waals surface area contributed by atoms with Crippen molar-refractivity contribution in [3.8, 4) is 11.3 Å². The van der Waals surface area contributed by atoms with Gasteiger partial charge in [0.2, 0.25) is 5.91 Å². The normalized spacial score (nSPS) is 17.8. The molecule has 0 aliphatic carbocycles. The highest BCUT2D eigenvalue weighted by Gasteiger charge is 2.37. The summed E-state index contributed by atoms with van der Waals surface area (Å²) in [6.07, 6.45) is 0.186. The Balaban J connectivity index is 1.84. The second kappa shape index (κ2) is 5.88. The van der Waals surface area contributed by atoms with Crippen LogP contribution in [0.3, 0.4) is 0 Å². The molecule has 1 atom stereocenters. The molecule has 2 aromatic rings. The van der Waals surface area contributed by atoms with E-state index >= 15 is 0 Å². The van der Waals surface area contributed by atoms with Gasteiger partial charge in [-0.1, -0.05) is 24.3 Å². The molecule has 5 nitrogen and oxygen atoms in total. The molecule has 0 bridgehead atoms. The Morgan fingerprint density at radius 3 is 2.91 bits per heavy atom. The molecule has 1 aromatic heterocycles. The summed E-state index contributed by atoms with van der Waals surface area (Å²) < 4.78 is 4.72. The lowest BCUT2D eigenvalue weighted by molar-refractivity contribution is -0.145. The minimum absolute atomic E-state index is 0.0823. The van der Waals surface area contributed by atoms with E-state index in [4.69, 9.17) is 4.74 Å². The van der Waals surface area contributed by atoms with Gasteiger partial charge in [0.25, 0.3) is 0 Å². The first kappa shape index (κ1) is 14.7. The first-order valence-electron chi connectivity index (χ1n) is 7.00. The van der Waals surface area contributed by atoms with Crippen molar-refractivity contribution in [2.75, 3.05) is 18.6 Å². The molecule has 0 radical (unpaired) electrons. The summed E-state index contributed by atoms with van der Waals surface area (Å²) >= 11 is 1.42. The van der Waals surface area contributed by atoms with Crippen LogP contribution in [0.5, 0.6) is 0 Å². The number of rotatable bonds is 3. The van der Waals surface area contributed by atoms with Gasteiger partial charge in [-0.25, -0.2) is 4.98 Å². The second-order valence-corrected chi connectivity index (χ2v) is 6.10. The maximum atomic E-state index is 12.1. The van der Waals surface area contributed by atoms with Crippen LogP contribution in [0.4, 0.5) is 5.13 Å². The van der Waals surface area contributed by atoms with Gasteiger partial charge in [-0.3, -0.25) is 14.5 Å². The number of esters is 1. The quantitative estimate of drug-likeness (QED) is 0.817. The number of carbonyl (C=O) groups is 2. The zero-order chi connectivity index (χ0) is 15.7. The molecule has 1 aliphatic rings. The second-order valence-electron chi connectivity index (χ2n) is 5.26. The third-order valence-corrected chi connectivity index (χ3v) is 4.67. The van der Waals surface area contributed by atoms with Gasteiger partial charge in [0.15, 0.2) is 5.13 Å². The number of hydrogen-bond acceptors (Lipinski definition) is 5. The Labute approximate surface area is 132 Å². The fraction of sp³-hybridized carbons (Fsp3) is 0.312. The number of amides is 1. The molecule has 114 valence electrons. The van der Waals surface area contributed by atoms with Crippen LogP contribution >= 0.6 is 11.3 Å². The monoisotopic (exact) mass is 316 g/mol. The topological polar surface area (TPSA) is 59.5 Å². The predicted octanol–water partition coefficient (Wildman–Crippen LogP) is 2.64. The fourth-order valence-corrected chi connectivity index (χ4v) is 3.44. The highest BCUT2D eigenvalue weighted by molar-refractivity contribution is 7.14.